The third-order valence-electron chi connectivity index (χ3n) is 12.1. The van der Waals surface area contributed by atoms with Gasteiger partial charge in [0.2, 0.25) is 17.7 Å². The highest BCUT2D eigenvalue weighted by Gasteiger charge is 2.59. The molecule has 5 fully saturated rings. The van der Waals surface area contributed by atoms with Crippen LogP contribution in [-0.4, -0.2) is 298 Å². The average molecular weight is 1220 g/mol. The van der Waals surface area contributed by atoms with Gasteiger partial charge in [-0.25, -0.2) is 22.1 Å². The first-order chi connectivity index (χ1) is 36.4. The molecule has 0 aromatic carbocycles. The number of hydrogen-bond acceptors (Lipinski definition) is 32. The number of aliphatic hydroxyl groups is 9. The fourth-order valence-corrected chi connectivity index (χ4v) is 9.51. The Morgan fingerprint density at radius 3 is 1.08 bits per heavy atom. The Bertz CT molecular complexity index is 2500. The van der Waals surface area contributed by atoms with Crippen LogP contribution in [0.3, 0.4) is 0 Å². The quantitative estimate of drug-likeness (QED) is 0.0448. The molecular formula is C36H57N3O37S3. The van der Waals surface area contributed by atoms with Crippen molar-refractivity contribution in [3.8, 4) is 0 Å². The van der Waals surface area contributed by atoms with Crippen LogP contribution in [0.15, 0.2) is 0 Å². The molecule has 5 saturated heterocycles. The van der Waals surface area contributed by atoms with E-state index in [1.54, 1.807) is 0 Å². The first-order valence-electron chi connectivity index (χ1n) is 22.5. The van der Waals surface area contributed by atoms with Crippen molar-refractivity contribution in [2.24, 2.45) is 0 Å². The van der Waals surface area contributed by atoms with E-state index in [0.717, 1.165) is 20.8 Å². The van der Waals surface area contributed by atoms with E-state index in [2.05, 4.69) is 28.5 Å². The van der Waals surface area contributed by atoms with Crippen molar-refractivity contribution >= 4 is 60.9 Å². The molecular weight excluding hydrogens is 1160 g/mol. The molecule has 3 amide bonds. The number of ether oxygens (including phenoxy) is 9. The van der Waals surface area contributed by atoms with E-state index in [1.165, 1.54) is 0 Å². The summed E-state index contributed by atoms with van der Waals surface area (Å²) in [5.41, 5.74) is 0. The Morgan fingerprint density at radius 1 is 0.392 bits per heavy atom. The van der Waals surface area contributed by atoms with Gasteiger partial charge in [-0.15, -0.1) is 0 Å². The first kappa shape index (κ1) is 66.0. The van der Waals surface area contributed by atoms with Crippen molar-refractivity contribution < 1.29 is 174 Å². The average Bonchev–Trinajstić information content (AvgIpc) is 3.39. The summed E-state index contributed by atoms with van der Waals surface area (Å²) in [5.74, 6) is -7.19. The van der Waals surface area contributed by atoms with E-state index < -0.39 is 234 Å². The standard InChI is InChI=1S/C36H57N3O37S3/c1-7(40)37-13-19(46)16(43)10(4-65-77(56,57)58)69-33(13)73-26-20(47)23(50)36(76-28(26)30(51)52)72-25-15(39-9(3)42)34(70-12(18(25)45)6-67-79(62,63)64)74-27-21(48)22(49)35(75-29(27)31(53)54)71-24-14(38-8(2)41)32(55)68-11(17(24)44)5-66-78(59,60)61/h10-29,32-36,43-50,55H,4-6H2,1-3H3,(H,37,40)(H,38,41)(H,39,42)(H,51,52)(H,53,54)(H,56,57,58)(H,59,60,61)(H,62,63,64)/t10-,11-,12-,13-,14-,15-,16+,17+,18+,19-,20-,21-,22-,23-,24-,25-,26+,27+,28+,29+,32?,33+,34+,35-,36-/m1/s1. The first-order valence-corrected chi connectivity index (χ1v) is 26.6. The van der Waals surface area contributed by atoms with Crippen LogP contribution in [0.25, 0.3) is 0 Å². The number of carbonyl (C=O) groups is 5. The Kier molecular flexibility index (Phi) is 22.3. The number of nitrogens with one attached hydrogen (secondary N) is 3. The van der Waals surface area contributed by atoms with Crippen LogP contribution in [0.1, 0.15) is 20.8 Å². The van der Waals surface area contributed by atoms with Crippen molar-refractivity contribution in [2.45, 2.75) is 174 Å². The van der Waals surface area contributed by atoms with Crippen molar-refractivity contribution in [1.82, 2.24) is 16.0 Å². The van der Waals surface area contributed by atoms with Gasteiger partial charge in [-0.3, -0.25) is 28.0 Å². The summed E-state index contributed by atoms with van der Waals surface area (Å²) in [6.07, 6.45) is -52.1. The van der Waals surface area contributed by atoms with Gasteiger partial charge in [0.1, 0.15) is 110 Å². The zero-order valence-corrected chi connectivity index (χ0v) is 42.9. The molecule has 0 spiro atoms. The van der Waals surface area contributed by atoms with E-state index in [9.17, 15) is 110 Å². The minimum absolute atomic E-state index is 0.794. The van der Waals surface area contributed by atoms with Gasteiger partial charge in [0.15, 0.2) is 43.7 Å². The summed E-state index contributed by atoms with van der Waals surface area (Å²) in [6.45, 7) is -1.36. The van der Waals surface area contributed by atoms with Gasteiger partial charge in [0.25, 0.3) is 0 Å². The van der Waals surface area contributed by atoms with Crippen LogP contribution in [-0.2, 0) is 110 Å². The third kappa shape index (κ3) is 17.2. The molecule has 0 bridgehead atoms. The number of carbonyl (C=O) groups excluding carboxylic acids is 3. The topological polar surface area (TPSA) is 618 Å². The van der Waals surface area contributed by atoms with Crippen LogP contribution < -0.4 is 16.0 Å². The molecule has 17 N–H and O–H groups in total. The van der Waals surface area contributed by atoms with E-state index in [0.29, 0.717) is 0 Å². The van der Waals surface area contributed by atoms with Gasteiger partial charge in [-0.2, -0.15) is 25.3 Å². The minimum atomic E-state index is -5.46. The third-order valence-corrected chi connectivity index (χ3v) is 13.4. The summed E-state index contributed by atoms with van der Waals surface area (Å²) in [7, 11) is -15.9. The number of carboxylic acids is 2. The van der Waals surface area contributed by atoms with Crippen LogP contribution in [0.4, 0.5) is 0 Å². The zero-order valence-electron chi connectivity index (χ0n) is 40.4. The zero-order chi connectivity index (χ0) is 59.5. The lowest BCUT2D eigenvalue weighted by atomic mass is 9.93. The molecule has 25 atom stereocenters. The molecule has 1 unspecified atom stereocenters. The van der Waals surface area contributed by atoms with Crippen LogP contribution >= 0.6 is 0 Å². The van der Waals surface area contributed by atoms with Crippen molar-refractivity contribution in [3.63, 3.8) is 0 Å². The van der Waals surface area contributed by atoms with E-state index in [1.807, 2.05) is 0 Å². The lowest BCUT2D eigenvalue weighted by molar-refractivity contribution is -0.373. The number of aliphatic carboxylic acids is 2. The summed E-state index contributed by atoms with van der Waals surface area (Å²) in [6, 6.07) is -5.97. The minimum Gasteiger partial charge on any atom is -0.479 e. The highest BCUT2D eigenvalue weighted by molar-refractivity contribution is 7.81. The van der Waals surface area contributed by atoms with Gasteiger partial charge in [0, 0.05) is 20.8 Å². The summed E-state index contributed by atoms with van der Waals surface area (Å²) in [5, 5.41) is 127. The molecule has 40 nitrogen and oxygen atoms in total. The monoisotopic (exact) mass is 1220 g/mol. The Labute approximate surface area is 444 Å². The lowest BCUT2D eigenvalue weighted by Crippen LogP contribution is -2.71. The predicted molar refractivity (Wildman–Crippen MR) is 234 cm³/mol. The summed E-state index contributed by atoms with van der Waals surface area (Å²) in [4.78, 5) is 62.5. The highest BCUT2D eigenvalue weighted by Crippen LogP contribution is 2.36. The number of amides is 3. The molecule has 0 radical (unpaired) electrons. The number of carboxylic acid groups (broad SMARTS) is 2. The molecule has 0 saturated carbocycles. The predicted octanol–water partition coefficient (Wildman–Crippen LogP) is -11.8. The number of rotatable bonds is 22. The SMILES string of the molecule is CC(=O)N[C@H]1[C@H](O[C@H]2[C@H](O)[C@@H](O)[C@H](O[C@H]3[C@@H](O)[C@@H](COS(=O)(=O)O)O[C@@H](O[C@H]4[C@H](O)[C@@H](O)[C@H](O[C@H]5[C@@H](O)[C@@H](COS(=O)(=O)O)OC(O)[C@@H]5NC(C)=O)O[C@@H]4C(=O)O)[C@@H]3NC(C)=O)O[C@@H]2C(=O)O)O[C@H](COS(=O)(=O)O)[C@H](O)[C@@H]1O. The molecule has 456 valence electrons. The van der Waals surface area contributed by atoms with Crippen LogP contribution in [0.2, 0.25) is 0 Å². The Balaban J connectivity index is 1.46. The summed E-state index contributed by atoms with van der Waals surface area (Å²) >= 11 is 0. The Hall–Kier alpha value is -3.76. The van der Waals surface area contributed by atoms with E-state index in [-0.39, 0.29) is 0 Å². The highest BCUT2D eigenvalue weighted by atomic mass is 32.3. The number of aliphatic hydroxyl groups excluding tert-OH is 9. The smallest absolute Gasteiger partial charge is 0.397 e. The molecule has 0 aromatic heterocycles. The molecule has 0 aromatic rings. The van der Waals surface area contributed by atoms with Crippen molar-refractivity contribution in [3.05, 3.63) is 0 Å². The molecule has 5 aliphatic rings. The Morgan fingerprint density at radius 2 is 0.709 bits per heavy atom. The fourth-order valence-electron chi connectivity index (χ4n) is 8.59. The van der Waals surface area contributed by atoms with E-state index in [4.69, 9.17) is 51.7 Å². The summed E-state index contributed by atoms with van der Waals surface area (Å²) < 4.78 is 158. The van der Waals surface area contributed by atoms with Crippen LogP contribution in [0.5, 0.6) is 0 Å². The van der Waals surface area contributed by atoms with Gasteiger partial charge in [-0.05, 0) is 0 Å². The number of hydrogen-bond donors (Lipinski definition) is 17. The van der Waals surface area contributed by atoms with Crippen molar-refractivity contribution in [1.29, 1.82) is 0 Å². The second kappa shape index (κ2) is 26.7. The fraction of sp³-hybridized carbons (Fsp3) is 0.861. The van der Waals surface area contributed by atoms with Crippen molar-refractivity contribution in [2.75, 3.05) is 19.8 Å². The van der Waals surface area contributed by atoms with Crippen LogP contribution in [0, 0.1) is 0 Å². The molecule has 79 heavy (non-hydrogen) atoms. The maximum Gasteiger partial charge on any atom is 0.397 e. The maximum atomic E-state index is 12.8. The maximum absolute atomic E-state index is 12.8. The molecule has 43 heteroatoms. The second-order valence-corrected chi connectivity index (χ2v) is 21.1. The normalized spacial score (nSPS) is 41.4. The second-order valence-electron chi connectivity index (χ2n) is 17.8. The van der Waals surface area contributed by atoms with Gasteiger partial charge in [0.05, 0.1) is 19.8 Å². The molecule has 0 aliphatic carbocycles. The molecule has 5 aliphatic heterocycles. The van der Waals surface area contributed by atoms with Gasteiger partial charge < -0.3 is 115 Å². The molecule has 5 heterocycles. The van der Waals surface area contributed by atoms with Gasteiger partial charge >= 0.3 is 43.1 Å². The lowest BCUT2D eigenvalue weighted by Gasteiger charge is -2.50. The largest absolute Gasteiger partial charge is 0.479 e. The van der Waals surface area contributed by atoms with E-state index >= 15 is 0 Å². The molecule has 5 rings (SSSR count). The van der Waals surface area contributed by atoms with Gasteiger partial charge in [-0.1, -0.05) is 0 Å².